The lowest BCUT2D eigenvalue weighted by molar-refractivity contribution is 0.324. The van der Waals surface area contributed by atoms with Crippen molar-refractivity contribution < 1.29 is 23.0 Å². The van der Waals surface area contributed by atoms with Gasteiger partial charge in [-0.3, -0.25) is 5.10 Å². The van der Waals surface area contributed by atoms with Gasteiger partial charge in [0.2, 0.25) is 5.75 Å². The van der Waals surface area contributed by atoms with Crippen molar-refractivity contribution in [1.29, 1.82) is 0 Å². The van der Waals surface area contributed by atoms with Crippen LogP contribution in [-0.4, -0.2) is 36.5 Å². The van der Waals surface area contributed by atoms with E-state index in [-0.39, 0.29) is 0 Å². The fourth-order valence-corrected chi connectivity index (χ4v) is 2.37. The highest BCUT2D eigenvalue weighted by Crippen LogP contribution is 2.40. The van der Waals surface area contributed by atoms with Gasteiger partial charge in [0.1, 0.15) is 0 Å². The van der Waals surface area contributed by atoms with E-state index in [1.165, 1.54) is 27.4 Å². The van der Waals surface area contributed by atoms with E-state index in [0.29, 0.717) is 40.0 Å². The van der Waals surface area contributed by atoms with Crippen LogP contribution in [0.2, 0.25) is 0 Å². The molecule has 0 fully saturated rings. The van der Waals surface area contributed by atoms with Crippen LogP contribution in [0.1, 0.15) is 0 Å². The fraction of sp³-hybridized carbons (Fsp3) is 0.176. The zero-order valence-electron chi connectivity index (χ0n) is 13.8. The summed E-state index contributed by atoms with van der Waals surface area (Å²) >= 11 is 0. The Morgan fingerprint density at radius 3 is 2.08 bits per heavy atom. The smallest absolute Gasteiger partial charge is 0.203 e. The van der Waals surface area contributed by atoms with Gasteiger partial charge in [-0.05, 0) is 30.3 Å². The van der Waals surface area contributed by atoms with Crippen molar-refractivity contribution in [2.75, 3.05) is 21.3 Å². The van der Waals surface area contributed by atoms with Gasteiger partial charge in [0.05, 0.1) is 21.3 Å². The van der Waals surface area contributed by atoms with Crippen LogP contribution in [0.4, 0.5) is 8.78 Å². The maximum atomic E-state index is 13.4. The van der Waals surface area contributed by atoms with Crippen LogP contribution in [0.5, 0.6) is 17.2 Å². The van der Waals surface area contributed by atoms with Crippen molar-refractivity contribution in [3.8, 4) is 40.0 Å². The van der Waals surface area contributed by atoms with E-state index in [2.05, 4.69) is 15.2 Å². The van der Waals surface area contributed by atoms with Crippen LogP contribution in [0.25, 0.3) is 22.8 Å². The van der Waals surface area contributed by atoms with Crippen molar-refractivity contribution in [3.05, 3.63) is 42.0 Å². The first-order chi connectivity index (χ1) is 12.1. The molecule has 0 saturated carbocycles. The highest BCUT2D eigenvalue weighted by atomic mass is 19.2. The van der Waals surface area contributed by atoms with Crippen molar-refractivity contribution in [3.63, 3.8) is 0 Å². The SMILES string of the molecule is COc1cc(-c2n[nH]c(-c3ccc(F)c(F)c3)n2)cc(OC)c1OC. The van der Waals surface area contributed by atoms with Gasteiger partial charge in [-0.15, -0.1) is 0 Å². The minimum absolute atomic E-state index is 0.308. The second-order valence-electron chi connectivity index (χ2n) is 5.05. The van der Waals surface area contributed by atoms with Crippen LogP contribution >= 0.6 is 0 Å². The van der Waals surface area contributed by atoms with E-state index in [0.717, 1.165) is 12.1 Å². The lowest BCUT2D eigenvalue weighted by Gasteiger charge is -2.12. The van der Waals surface area contributed by atoms with Gasteiger partial charge in [-0.2, -0.15) is 5.10 Å². The van der Waals surface area contributed by atoms with Crippen molar-refractivity contribution in [2.45, 2.75) is 0 Å². The fourth-order valence-electron chi connectivity index (χ4n) is 2.37. The van der Waals surface area contributed by atoms with Gasteiger partial charge in [0.25, 0.3) is 0 Å². The Kier molecular flexibility index (Phi) is 4.51. The molecule has 0 amide bonds. The van der Waals surface area contributed by atoms with Gasteiger partial charge in [0, 0.05) is 11.1 Å². The Bertz CT molecular complexity index is 887. The summed E-state index contributed by atoms with van der Waals surface area (Å²) in [7, 11) is 4.52. The predicted molar refractivity (Wildman–Crippen MR) is 86.8 cm³/mol. The average molecular weight is 347 g/mol. The number of aromatic nitrogens is 3. The predicted octanol–water partition coefficient (Wildman–Crippen LogP) is 3.44. The van der Waals surface area contributed by atoms with Gasteiger partial charge in [-0.25, -0.2) is 13.8 Å². The third kappa shape index (κ3) is 3.10. The summed E-state index contributed by atoms with van der Waals surface area (Å²) in [6.07, 6.45) is 0. The molecule has 1 aromatic heterocycles. The Morgan fingerprint density at radius 1 is 0.840 bits per heavy atom. The molecule has 2 aromatic carbocycles. The third-order valence-corrected chi connectivity index (χ3v) is 3.60. The quantitative estimate of drug-likeness (QED) is 0.766. The molecule has 0 saturated heterocycles. The van der Waals surface area contributed by atoms with Crippen LogP contribution < -0.4 is 14.2 Å². The Labute approximate surface area is 142 Å². The van der Waals surface area contributed by atoms with E-state index in [9.17, 15) is 8.78 Å². The minimum Gasteiger partial charge on any atom is -0.493 e. The Balaban J connectivity index is 2.03. The standard InChI is InChI=1S/C17H15F2N3O3/c1-23-13-7-10(8-14(24-2)15(13)25-3)17-20-16(21-22-17)9-4-5-11(18)12(19)6-9/h4-8H,1-3H3,(H,20,21,22). The summed E-state index contributed by atoms with van der Waals surface area (Å²) in [5.41, 5.74) is 0.990. The molecule has 0 aliphatic heterocycles. The summed E-state index contributed by atoms with van der Waals surface area (Å²) < 4.78 is 42.3. The zero-order valence-corrected chi connectivity index (χ0v) is 13.8. The summed E-state index contributed by atoms with van der Waals surface area (Å²) in [5.74, 6) is 0.134. The first-order valence-electron chi connectivity index (χ1n) is 7.25. The third-order valence-electron chi connectivity index (χ3n) is 3.60. The highest BCUT2D eigenvalue weighted by molar-refractivity contribution is 5.68. The summed E-state index contributed by atoms with van der Waals surface area (Å²) in [5, 5.41) is 6.82. The summed E-state index contributed by atoms with van der Waals surface area (Å²) in [4.78, 5) is 4.32. The number of nitrogens with one attached hydrogen (secondary N) is 1. The molecular formula is C17H15F2N3O3. The number of nitrogens with zero attached hydrogens (tertiary/aromatic N) is 2. The largest absolute Gasteiger partial charge is 0.493 e. The molecule has 1 N–H and O–H groups in total. The molecule has 3 rings (SSSR count). The van der Waals surface area contributed by atoms with Gasteiger partial charge in [-0.1, -0.05) is 0 Å². The normalized spacial score (nSPS) is 10.6. The molecular weight excluding hydrogens is 332 g/mol. The molecule has 0 aliphatic carbocycles. The molecule has 1 heterocycles. The maximum absolute atomic E-state index is 13.4. The molecule has 0 unspecified atom stereocenters. The van der Waals surface area contributed by atoms with E-state index >= 15 is 0 Å². The maximum Gasteiger partial charge on any atom is 0.203 e. The Hall–Kier alpha value is -3.16. The van der Waals surface area contributed by atoms with Crippen molar-refractivity contribution >= 4 is 0 Å². The van der Waals surface area contributed by atoms with Crippen molar-refractivity contribution in [1.82, 2.24) is 15.2 Å². The van der Waals surface area contributed by atoms with Gasteiger partial charge in [0.15, 0.2) is 34.8 Å². The van der Waals surface area contributed by atoms with E-state index in [1.54, 1.807) is 12.1 Å². The van der Waals surface area contributed by atoms with Crippen LogP contribution in [0.15, 0.2) is 30.3 Å². The molecule has 3 aromatic rings. The number of halogens is 2. The molecule has 6 nitrogen and oxygen atoms in total. The lowest BCUT2D eigenvalue weighted by atomic mass is 10.1. The summed E-state index contributed by atoms with van der Waals surface area (Å²) in [6, 6.07) is 6.89. The number of hydrogen-bond acceptors (Lipinski definition) is 5. The van der Waals surface area contributed by atoms with Crippen LogP contribution in [0, 0.1) is 11.6 Å². The molecule has 0 aliphatic rings. The lowest BCUT2D eigenvalue weighted by Crippen LogP contribution is -1.96. The molecule has 8 heteroatoms. The van der Waals surface area contributed by atoms with Gasteiger partial charge >= 0.3 is 0 Å². The van der Waals surface area contributed by atoms with Crippen LogP contribution in [0.3, 0.4) is 0 Å². The van der Waals surface area contributed by atoms with E-state index in [4.69, 9.17) is 14.2 Å². The molecule has 0 spiro atoms. The minimum atomic E-state index is -0.955. The molecule has 0 atom stereocenters. The highest BCUT2D eigenvalue weighted by Gasteiger charge is 2.17. The first-order valence-corrected chi connectivity index (χ1v) is 7.25. The summed E-state index contributed by atoms with van der Waals surface area (Å²) in [6.45, 7) is 0. The monoisotopic (exact) mass is 347 g/mol. The number of H-pyrrole nitrogens is 1. The second kappa shape index (κ2) is 6.76. The second-order valence-corrected chi connectivity index (χ2v) is 5.05. The topological polar surface area (TPSA) is 69.3 Å². The van der Waals surface area contributed by atoms with E-state index < -0.39 is 11.6 Å². The van der Waals surface area contributed by atoms with E-state index in [1.807, 2.05) is 0 Å². The number of ether oxygens (including phenoxy) is 3. The average Bonchev–Trinajstić information content (AvgIpc) is 3.12. The molecule has 25 heavy (non-hydrogen) atoms. The molecule has 0 radical (unpaired) electrons. The number of rotatable bonds is 5. The first kappa shape index (κ1) is 16.7. The van der Waals surface area contributed by atoms with Gasteiger partial charge < -0.3 is 14.2 Å². The molecule has 0 bridgehead atoms. The number of hydrogen-bond donors (Lipinski definition) is 1. The number of methoxy groups -OCH3 is 3. The number of benzene rings is 2. The van der Waals surface area contributed by atoms with Crippen LogP contribution in [-0.2, 0) is 0 Å². The Morgan fingerprint density at radius 2 is 1.52 bits per heavy atom. The zero-order chi connectivity index (χ0) is 18.0. The molecule has 130 valence electrons. The number of aromatic amines is 1. The van der Waals surface area contributed by atoms with Crippen molar-refractivity contribution in [2.24, 2.45) is 0 Å².